The highest BCUT2D eigenvalue weighted by molar-refractivity contribution is 6.31. The Morgan fingerprint density at radius 1 is 1.45 bits per heavy atom. The zero-order valence-corrected chi connectivity index (χ0v) is 13.6. The molecule has 0 spiro atoms. The van der Waals surface area contributed by atoms with Gasteiger partial charge < -0.3 is 15.0 Å². The van der Waals surface area contributed by atoms with Crippen LogP contribution in [-0.4, -0.2) is 31.8 Å². The van der Waals surface area contributed by atoms with Crippen LogP contribution in [0.5, 0.6) is 0 Å². The molecule has 1 aliphatic rings. The number of nitrogens with zero attached hydrogens (tertiary/aromatic N) is 1. The van der Waals surface area contributed by atoms with Gasteiger partial charge in [0.15, 0.2) is 0 Å². The van der Waals surface area contributed by atoms with Crippen molar-refractivity contribution in [2.75, 3.05) is 31.2 Å². The van der Waals surface area contributed by atoms with E-state index in [4.69, 9.17) is 16.3 Å². The Balaban J connectivity index is 2.24. The minimum atomic E-state index is 0.0103. The Kier molecular flexibility index (Phi) is 4.95. The maximum Gasteiger partial charge on any atom is 0.0694 e. The fourth-order valence-electron chi connectivity index (χ4n) is 2.79. The van der Waals surface area contributed by atoms with Crippen molar-refractivity contribution in [3.63, 3.8) is 0 Å². The summed E-state index contributed by atoms with van der Waals surface area (Å²) in [5.41, 5.74) is 2.34. The minimum absolute atomic E-state index is 0.0103. The van der Waals surface area contributed by atoms with Crippen molar-refractivity contribution in [2.45, 2.75) is 39.3 Å². The van der Waals surface area contributed by atoms with Gasteiger partial charge in [0.25, 0.3) is 0 Å². The molecule has 1 N–H and O–H groups in total. The number of hydrogen-bond donors (Lipinski definition) is 1. The van der Waals surface area contributed by atoms with Crippen molar-refractivity contribution >= 4 is 17.3 Å². The molecule has 1 atom stereocenters. The maximum atomic E-state index is 6.47. The highest BCUT2D eigenvalue weighted by Crippen LogP contribution is 2.32. The van der Waals surface area contributed by atoms with Crippen molar-refractivity contribution in [3.8, 4) is 0 Å². The van der Waals surface area contributed by atoms with Crippen molar-refractivity contribution in [1.82, 2.24) is 5.32 Å². The number of nitrogens with one attached hydrogen (secondary N) is 1. The molecule has 0 radical (unpaired) electrons. The van der Waals surface area contributed by atoms with Crippen molar-refractivity contribution in [3.05, 3.63) is 28.8 Å². The standard InChI is InChI=1S/C16H25ClN2O/c1-5-18-12(2)14-7-6-13(10-15(14)17)19-8-9-20-11-16(19,3)4/h6-7,10,12,18H,5,8-9,11H2,1-4H3. The predicted molar refractivity (Wildman–Crippen MR) is 85.8 cm³/mol. The fraction of sp³-hybridized carbons (Fsp3) is 0.625. The van der Waals surface area contributed by atoms with Gasteiger partial charge >= 0.3 is 0 Å². The van der Waals surface area contributed by atoms with E-state index in [-0.39, 0.29) is 11.6 Å². The van der Waals surface area contributed by atoms with Gasteiger partial charge in [0.2, 0.25) is 0 Å². The van der Waals surface area contributed by atoms with Crippen LogP contribution in [0.15, 0.2) is 18.2 Å². The molecule has 1 aromatic rings. The summed E-state index contributed by atoms with van der Waals surface area (Å²) in [5.74, 6) is 0. The zero-order valence-electron chi connectivity index (χ0n) is 12.9. The molecule has 4 heteroatoms. The molecule has 0 amide bonds. The van der Waals surface area contributed by atoms with Crippen LogP contribution in [0.4, 0.5) is 5.69 Å². The summed E-state index contributed by atoms with van der Waals surface area (Å²) in [7, 11) is 0. The third kappa shape index (κ3) is 3.27. The van der Waals surface area contributed by atoms with E-state index in [0.29, 0.717) is 0 Å². The van der Waals surface area contributed by atoms with E-state index in [2.05, 4.69) is 56.1 Å². The zero-order chi connectivity index (χ0) is 14.8. The monoisotopic (exact) mass is 296 g/mol. The molecule has 1 heterocycles. The SMILES string of the molecule is CCNC(C)c1ccc(N2CCOCC2(C)C)cc1Cl. The third-order valence-electron chi connectivity index (χ3n) is 3.92. The topological polar surface area (TPSA) is 24.5 Å². The van der Waals surface area contributed by atoms with Gasteiger partial charge in [0, 0.05) is 23.3 Å². The van der Waals surface area contributed by atoms with Gasteiger partial charge in [0.1, 0.15) is 0 Å². The molecular formula is C16H25ClN2O. The lowest BCUT2D eigenvalue weighted by Gasteiger charge is -2.44. The number of rotatable bonds is 4. The molecule has 1 aliphatic heterocycles. The normalized spacial score (nSPS) is 19.9. The Morgan fingerprint density at radius 3 is 2.80 bits per heavy atom. The van der Waals surface area contributed by atoms with E-state index in [0.717, 1.165) is 36.9 Å². The summed E-state index contributed by atoms with van der Waals surface area (Å²) in [5, 5.41) is 4.23. The Hall–Kier alpha value is -0.770. The van der Waals surface area contributed by atoms with Gasteiger partial charge in [-0.15, -0.1) is 0 Å². The summed E-state index contributed by atoms with van der Waals surface area (Å²) >= 11 is 6.47. The van der Waals surface area contributed by atoms with E-state index < -0.39 is 0 Å². The summed E-state index contributed by atoms with van der Waals surface area (Å²) in [6.07, 6.45) is 0. The van der Waals surface area contributed by atoms with E-state index in [1.807, 2.05) is 0 Å². The minimum Gasteiger partial charge on any atom is -0.377 e. The average Bonchev–Trinajstić information content (AvgIpc) is 2.38. The molecule has 112 valence electrons. The largest absolute Gasteiger partial charge is 0.377 e. The lowest BCUT2D eigenvalue weighted by molar-refractivity contribution is 0.0644. The lowest BCUT2D eigenvalue weighted by Crippen LogP contribution is -2.53. The summed E-state index contributed by atoms with van der Waals surface area (Å²) < 4.78 is 5.58. The van der Waals surface area contributed by atoms with Crippen LogP contribution >= 0.6 is 11.6 Å². The van der Waals surface area contributed by atoms with Crippen LogP contribution in [0.25, 0.3) is 0 Å². The summed E-state index contributed by atoms with van der Waals surface area (Å²) in [4.78, 5) is 2.38. The number of ether oxygens (including phenoxy) is 1. The molecule has 1 fully saturated rings. The second kappa shape index (κ2) is 6.33. The van der Waals surface area contributed by atoms with E-state index in [1.54, 1.807) is 0 Å². The molecule has 0 aromatic heterocycles. The van der Waals surface area contributed by atoms with Crippen LogP contribution in [0.1, 0.15) is 39.3 Å². The molecule has 1 aromatic carbocycles. The number of anilines is 1. The lowest BCUT2D eigenvalue weighted by atomic mass is 10.00. The molecule has 1 unspecified atom stereocenters. The summed E-state index contributed by atoms with van der Waals surface area (Å²) in [6.45, 7) is 12.0. The van der Waals surface area contributed by atoms with Crippen LogP contribution in [0.2, 0.25) is 5.02 Å². The number of halogens is 1. The highest BCUT2D eigenvalue weighted by atomic mass is 35.5. The maximum absolute atomic E-state index is 6.47. The Labute approximate surface area is 127 Å². The number of morpholine rings is 1. The van der Waals surface area contributed by atoms with Gasteiger partial charge in [0.05, 0.1) is 18.8 Å². The van der Waals surface area contributed by atoms with Crippen LogP contribution in [0, 0.1) is 0 Å². The van der Waals surface area contributed by atoms with Crippen LogP contribution in [-0.2, 0) is 4.74 Å². The van der Waals surface area contributed by atoms with Crippen molar-refractivity contribution in [1.29, 1.82) is 0 Å². The summed E-state index contributed by atoms with van der Waals surface area (Å²) in [6, 6.07) is 6.66. The highest BCUT2D eigenvalue weighted by Gasteiger charge is 2.30. The molecule has 3 nitrogen and oxygen atoms in total. The van der Waals surface area contributed by atoms with E-state index in [1.165, 1.54) is 5.69 Å². The van der Waals surface area contributed by atoms with Gasteiger partial charge in [-0.25, -0.2) is 0 Å². The van der Waals surface area contributed by atoms with Gasteiger partial charge in [-0.2, -0.15) is 0 Å². The molecular weight excluding hydrogens is 272 g/mol. The van der Waals surface area contributed by atoms with Crippen LogP contribution in [0.3, 0.4) is 0 Å². The van der Waals surface area contributed by atoms with E-state index >= 15 is 0 Å². The van der Waals surface area contributed by atoms with Gasteiger partial charge in [-0.1, -0.05) is 24.6 Å². The van der Waals surface area contributed by atoms with Gasteiger partial charge in [-0.3, -0.25) is 0 Å². The molecule has 0 saturated carbocycles. The third-order valence-corrected chi connectivity index (χ3v) is 4.25. The quantitative estimate of drug-likeness (QED) is 0.918. The molecule has 1 saturated heterocycles. The first-order valence-corrected chi connectivity index (χ1v) is 7.71. The fourth-order valence-corrected chi connectivity index (χ4v) is 3.13. The second-order valence-corrected chi connectivity index (χ2v) is 6.41. The molecule has 2 rings (SSSR count). The molecule has 0 aliphatic carbocycles. The van der Waals surface area contributed by atoms with Crippen molar-refractivity contribution < 1.29 is 4.74 Å². The number of benzene rings is 1. The first-order valence-electron chi connectivity index (χ1n) is 7.34. The average molecular weight is 297 g/mol. The second-order valence-electron chi connectivity index (χ2n) is 6.00. The first-order chi connectivity index (χ1) is 9.45. The van der Waals surface area contributed by atoms with E-state index in [9.17, 15) is 0 Å². The molecule has 20 heavy (non-hydrogen) atoms. The first kappa shape index (κ1) is 15.6. The number of hydrogen-bond acceptors (Lipinski definition) is 3. The Morgan fingerprint density at radius 2 is 2.20 bits per heavy atom. The Bertz CT molecular complexity index is 462. The van der Waals surface area contributed by atoms with Gasteiger partial charge in [-0.05, 0) is 45.0 Å². The van der Waals surface area contributed by atoms with Crippen molar-refractivity contribution in [2.24, 2.45) is 0 Å². The predicted octanol–water partition coefficient (Wildman–Crippen LogP) is 3.63. The smallest absolute Gasteiger partial charge is 0.0694 e. The van der Waals surface area contributed by atoms with Crippen LogP contribution < -0.4 is 10.2 Å². The molecule has 0 bridgehead atoms.